The molecule has 1 aromatic rings. The lowest BCUT2D eigenvalue weighted by molar-refractivity contribution is 0.0562. The number of allylic oxidation sites excluding steroid dienone is 1. The molecule has 3 nitrogen and oxygen atoms in total. The molecule has 0 saturated carbocycles. The van der Waals surface area contributed by atoms with Gasteiger partial charge in [-0.25, -0.2) is 0 Å². The van der Waals surface area contributed by atoms with Crippen molar-refractivity contribution in [2.75, 3.05) is 26.3 Å². The van der Waals surface area contributed by atoms with Crippen molar-refractivity contribution in [1.82, 2.24) is 10.3 Å². The summed E-state index contributed by atoms with van der Waals surface area (Å²) in [5.41, 5.74) is 1.52. The van der Waals surface area contributed by atoms with E-state index in [1.807, 2.05) is 19.2 Å². The molecule has 0 radical (unpaired) electrons. The molecule has 1 aliphatic heterocycles. The van der Waals surface area contributed by atoms with Gasteiger partial charge in [0.15, 0.2) is 0 Å². The normalized spacial score (nSPS) is 21.1. The molecule has 0 unspecified atom stereocenters. The molecule has 2 heterocycles. The van der Waals surface area contributed by atoms with Gasteiger partial charge >= 0.3 is 0 Å². The van der Waals surface area contributed by atoms with Crippen LogP contribution in [0.3, 0.4) is 0 Å². The summed E-state index contributed by atoms with van der Waals surface area (Å²) in [7, 11) is 0. The van der Waals surface area contributed by atoms with Crippen LogP contribution >= 0.6 is 0 Å². The second-order valence-corrected chi connectivity index (χ2v) is 5.29. The van der Waals surface area contributed by atoms with E-state index in [2.05, 4.69) is 35.9 Å². The molecule has 1 atom stereocenters. The van der Waals surface area contributed by atoms with E-state index in [-0.39, 0.29) is 0 Å². The van der Waals surface area contributed by atoms with Crippen LogP contribution in [0, 0.1) is 5.41 Å². The van der Waals surface area contributed by atoms with E-state index in [1.165, 1.54) is 12.1 Å². The highest BCUT2D eigenvalue weighted by molar-refractivity contribution is 5.04. The van der Waals surface area contributed by atoms with Gasteiger partial charge < -0.3 is 10.1 Å². The topological polar surface area (TPSA) is 34.1 Å². The van der Waals surface area contributed by atoms with Crippen LogP contribution in [0.1, 0.15) is 32.4 Å². The van der Waals surface area contributed by atoms with E-state index in [4.69, 9.17) is 4.74 Å². The SMILES string of the molecule is C=CC.CCOC[C@]1(CCc2ccccn2)CCNC1. The van der Waals surface area contributed by atoms with Crippen LogP contribution in [0.5, 0.6) is 0 Å². The van der Waals surface area contributed by atoms with E-state index < -0.39 is 0 Å². The minimum absolute atomic E-state index is 0.327. The van der Waals surface area contributed by atoms with Gasteiger partial charge in [0.25, 0.3) is 0 Å². The van der Waals surface area contributed by atoms with Crippen LogP contribution in [0.25, 0.3) is 0 Å². The number of aromatic nitrogens is 1. The number of rotatable bonds is 6. The second kappa shape index (κ2) is 9.67. The predicted molar refractivity (Wildman–Crippen MR) is 84.8 cm³/mol. The zero-order valence-corrected chi connectivity index (χ0v) is 12.9. The number of pyridine rings is 1. The van der Waals surface area contributed by atoms with Crippen LogP contribution in [0.15, 0.2) is 37.1 Å². The van der Waals surface area contributed by atoms with Crippen molar-refractivity contribution in [3.05, 3.63) is 42.7 Å². The lowest BCUT2D eigenvalue weighted by Crippen LogP contribution is -2.30. The van der Waals surface area contributed by atoms with E-state index in [0.717, 1.165) is 39.1 Å². The average Bonchev–Trinajstić information content (AvgIpc) is 2.94. The van der Waals surface area contributed by atoms with Crippen LogP contribution in [0.2, 0.25) is 0 Å². The zero-order chi connectivity index (χ0) is 14.7. The highest BCUT2D eigenvalue weighted by Crippen LogP contribution is 2.31. The van der Waals surface area contributed by atoms with Crippen molar-refractivity contribution in [2.45, 2.75) is 33.1 Å². The first-order valence-corrected chi connectivity index (χ1v) is 7.52. The number of aryl methyl sites for hydroxylation is 1. The summed E-state index contributed by atoms with van der Waals surface area (Å²) >= 11 is 0. The molecule has 1 N–H and O–H groups in total. The maximum absolute atomic E-state index is 5.65. The maximum Gasteiger partial charge on any atom is 0.0535 e. The van der Waals surface area contributed by atoms with E-state index in [0.29, 0.717) is 5.41 Å². The number of ether oxygens (including phenoxy) is 1. The van der Waals surface area contributed by atoms with Crippen molar-refractivity contribution in [2.24, 2.45) is 5.41 Å². The molecular formula is C17H28N2O. The highest BCUT2D eigenvalue weighted by atomic mass is 16.5. The van der Waals surface area contributed by atoms with Gasteiger partial charge in [-0.15, -0.1) is 6.58 Å². The van der Waals surface area contributed by atoms with Crippen molar-refractivity contribution in [1.29, 1.82) is 0 Å². The van der Waals surface area contributed by atoms with Crippen molar-refractivity contribution >= 4 is 0 Å². The first kappa shape index (κ1) is 16.9. The molecule has 0 amide bonds. The minimum Gasteiger partial charge on any atom is -0.381 e. The molecule has 0 bridgehead atoms. The van der Waals surface area contributed by atoms with Gasteiger partial charge in [-0.05, 0) is 51.8 Å². The molecule has 2 rings (SSSR count). The van der Waals surface area contributed by atoms with E-state index in [1.54, 1.807) is 6.08 Å². The Hall–Kier alpha value is -1.19. The zero-order valence-electron chi connectivity index (χ0n) is 12.9. The Bertz CT molecular complexity index is 359. The third kappa shape index (κ3) is 5.85. The van der Waals surface area contributed by atoms with Crippen LogP contribution < -0.4 is 5.32 Å². The van der Waals surface area contributed by atoms with Gasteiger partial charge in [0.1, 0.15) is 0 Å². The number of hydrogen-bond donors (Lipinski definition) is 1. The fraction of sp³-hybridized carbons (Fsp3) is 0.588. The lowest BCUT2D eigenvalue weighted by atomic mass is 9.82. The Balaban J connectivity index is 0.000000612. The molecule has 1 aliphatic rings. The predicted octanol–water partition coefficient (Wildman–Crippen LogP) is 3.22. The molecule has 3 heteroatoms. The Morgan fingerprint density at radius 2 is 2.30 bits per heavy atom. The van der Waals surface area contributed by atoms with Crippen LogP contribution in [0.4, 0.5) is 0 Å². The molecule has 1 fully saturated rings. The Labute approximate surface area is 123 Å². The molecule has 0 aliphatic carbocycles. The van der Waals surface area contributed by atoms with Crippen molar-refractivity contribution in [3.63, 3.8) is 0 Å². The largest absolute Gasteiger partial charge is 0.381 e. The average molecular weight is 276 g/mol. The van der Waals surface area contributed by atoms with Crippen molar-refractivity contribution in [3.8, 4) is 0 Å². The van der Waals surface area contributed by atoms with Gasteiger partial charge in [0, 0.05) is 30.5 Å². The first-order chi connectivity index (χ1) is 9.76. The summed E-state index contributed by atoms with van der Waals surface area (Å²) in [6, 6.07) is 6.14. The molecule has 1 saturated heterocycles. The smallest absolute Gasteiger partial charge is 0.0535 e. The van der Waals surface area contributed by atoms with Crippen LogP contribution in [-0.2, 0) is 11.2 Å². The highest BCUT2D eigenvalue weighted by Gasteiger charge is 2.33. The Morgan fingerprint density at radius 3 is 2.85 bits per heavy atom. The van der Waals surface area contributed by atoms with Crippen LogP contribution in [-0.4, -0.2) is 31.3 Å². The van der Waals surface area contributed by atoms with Gasteiger partial charge in [0.2, 0.25) is 0 Å². The molecule has 1 aromatic heterocycles. The Kier molecular flexibility index (Phi) is 8.16. The maximum atomic E-state index is 5.65. The van der Waals surface area contributed by atoms with Gasteiger partial charge in [0.05, 0.1) is 6.61 Å². The second-order valence-electron chi connectivity index (χ2n) is 5.29. The molecule has 112 valence electrons. The monoisotopic (exact) mass is 276 g/mol. The van der Waals surface area contributed by atoms with Gasteiger partial charge in [-0.1, -0.05) is 12.1 Å². The standard InChI is InChI=1S/C14H22N2O.C3H6/c1-2-17-12-14(8-10-15-11-14)7-6-13-5-3-4-9-16-13;1-3-2/h3-5,9,15H,2,6-8,10-12H2,1H3;3H,1H2,2H3/t14-;/m1./s1. The fourth-order valence-electron chi connectivity index (χ4n) is 2.46. The van der Waals surface area contributed by atoms with Gasteiger partial charge in [-0.2, -0.15) is 0 Å². The molecule has 20 heavy (non-hydrogen) atoms. The first-order valence-electron chi connectivity index (χ1n) is 7.52. The van der Waals surface area contributed by atoms with E-state index >= 15 is 0 Å². The summed E-state index contributed by atoms with van der Waals surface area (Å²) in [6.45, 7) is 11.2. The molecule has 0 aromatic carbocycles. The summed E-state index contributed by atoms with van der Waals surface area (Å²) in [6.07, 6.45) is 7.06. The third-order valence-electron chi connectivity index (χ3n) is 3.58. The Morgan fingerprint density at radius 1 is 1.50 bits per heavy atom. The fourth-order valence-corrected chi connectivity index (χ4v) is 2.46. The number of hydrogen-bond acceptors (Lipinski definition) is 3. The summed E-state index contributed by atoms with van der Waals surface area (Å²) in [4.78, 5) is 4.39. The summed E-state index contributed by atoms with van der Waals surface area (Å²) in [5.74, 6) is 0. The lowest BCUT2D eigenvalue weighted by Gasteiger charge is -2.27. The summed E-state index contributed by atoms with van der Waals surface area (Å²) < 4.78 is 5.65. The number of nitrogens with zero attached hydrogens (tertiary/aromatic N) is 1. The molecule has 0 spiro atoms. The quantitative estimate of drug-likeness (QED) is 0.810. The number of nitrogens with one attached hydrogen (secondary N) is 1. The summed E-state index contributed by atoms with van der Waals surface area (Å²) in [5, 5.41) is 3.46. The molecular weight excluding hydrogens is 248 g/mol. The van der Waals surface area contributed by atoms with Gasteiger partial charge in [-0.3, -0.25) is 4.98 Å². The third-order valence-corrected chi connectivity index (χ3v) is 3.58. The van der Waals surface area contributed by atoms with Crippen molar-refractivity contribution < 1.29 is 4.74 Å². The minimum atomic E-state index is 0.327. The van der Waals surface area contributed by atoms with E-state index in [9.17, 15) is 0 Å².